The zero-order valence-corrected chi connectivity index (χ0v) is 14.7. The molecule has 2 aromatic carbocycles. The number of carbonyl (C=O) groups is 1. The first-order valence-electron chi connectivity index (χ1n) is 8.59. The average molecular weight is 336 g/mol. The summed E-state index contributed by atoms with van der Waals surface area (Å²) < 4.78 is 0. The highest BCUT2D eigenvalue weighted by molar-refractivity contribution is 5.91. The second-order valence-electron chi connectivity index (χ2n) is 6.43. The quantitative estimate of drug-likeness (QED) is 0.722. The second kappa shape index (κ2) is 7.53. The third-order valence-corrected chi connectivity index (χ3v) is 4.79. The fourth-order valence-electron chi connectivity index (χ4n) is 3.43. The molecular formula is C21H24N2O2. The summed E-state index contributed by atoms with van der Waals surface area (Å²) in [5.41, 5.74) is 4.28. The lowest BCUT2D eigenvalue weighted by Gasteiger charge is -2.28. The lowest BCUT2D eigenvalue weighted by atomic mass is 10.0. The number of hydrogen-bond acceptors (Lipinski definition) is 2. The molecule has 25 heavy (non-hydrogen) atoms. The molecule has 1 amide bonds. The van der Waals surface area contributed by atoms with E-state index in [1.165, 1.54) is 5.56 Å². The van der Waals surface area contributed by atoms with E-state index in [1.54, 1.807) is 4.90 Å². The van der Waals surface area contributed by atoms with Gasteiger partial charge in [-0.3, -0.25) is 4.79 Å². The second-order valence-corrected chi connectivity index (χ2v) is 6.43. The normalized spacial score (nSPS) is 12.3. The molecule has 0 aliphatic heterocycles. The van der Waals surface area contributed by atoms with Gasteiger partial charge in [-0.15, -0.1) is 0 Å². The third kappa shape index (κ3) is 3.59. The summed E-state index contributed by atoms with van der Waals surface area (Å²) in [5, 5.41) is 10.5. The summed E-state index contributed by atoms with van der Waals surface area (Å²) in [7, 11) is 1.82. The van der Waals surface area contributed by atoms with Gasteiger partial charge in [0.25, 0.3) is 0 Å². The van der Waals surface area contributed by atoms with Crippen LogP contribution in [0.2, 0.25) is 0 Å². The summed E-state index contributed by atoms with van der Waals surface area (Å²) in [4.78, 5) is 17.9. The van der Waals surface area contributed by atoms with E-state index in [0.717, 1.165) is 22.0 Å². The van der Waals surface area contributed by atoms with Crippen LogP contribution < -0.4 is 0 Å². The minimum absolute atomic E-state index is 0.0450. The molecule has 130 valence electrons. The van der Waals surface area contributed by atoms with E-state index in [2.05, 4.69) is 18.0 Å². The number of amides is 1. The maximum Gasteiger partial charge on any atom is 0.227 e. The van der Waals surface area contributed by atoms with Gasteiger partial charge in [-0.25, -0.2) is 0 Å². The first kappa shape index (κ1) is 17.2. The predicted octanol–water partition coefficient (Wildman–Crippen LogP) is 3.60. The SMILES string of the molecule is Cc1cccc2[nH]cc(CC(=O)N(C)C(CCO)c3ccccc3)c12. The zero-order chi connectivity index (χ0) is 17.8. The van der Waals surface area contributed by atoms with Gasteiger partial charge in [-0.05, 0) is 36.1 Å². The van der Waals surface area contributed by atoms with Crippen molar-refractivity contribution in [2.24, 2.45) is 0 Å². The summed E-state index contributed by atoms with van der Waals surface area (Å²) in [5.74, 6) is 0.0476. The van der Waals surface area contributed by atoms with Crippen LogP contribution in [0.25, 0.3) is 10.9 Å². The van der Waals surface area contributed by atoms with Gasteiger partial charge in [0, 0.05) is 30.8 Å². The van der Waals surface area contributed by atoms with Gasteiger partial charge >= 0.3 is 0 Å². The minimum Gasteiger partial charge on any atom is -0.396 e. The van der Waals surface area contributed by atoms with E-state index in [-0.39, 0.29) is 18.6 Å². The average Bonchev–Trinajstić information content (AvgIpc) is 3.04. The maximum atomic E-state index is 12.9. The van der Waals surface area contributed by atoms with Gasteiger partial charge in [0.05, 0.1) is 12.5 Å². The molecule has 3 rings (SSSR count). The van der Waals surface area contributed by atoms with Gasteiger partial charge in [0.15, 0.2) is 0 Å². The Kier molecular flexibility index (Phi) is 5.19. The van der Waals surface area contributed by atoms with Gasteiger partial charge in [0.1, 0.15) is 0 Å². The molecule has 3 aromatic rings. The molecule has 4 nitrogen and oxygen atoms in total. The van der Waals surface area contributed by atoms with Crippen LogP contribution in [0.1, 0.15) is 29.2 Å². The molecule has 1 unspecified atom stereocenters. The van der Waals surface area contributed by atoms with Crippen molar-refractivity contribution in [3.63, 3.8) is 0 Å². The number of aliphatic hydroxyl groups is 1. The Bertz CT molecular complexity index is 855. The van der Waals surface area contributed by atoms with Gasteiger partial charge in [-0.2, -0.15) is 0 Å². The number of rotatable bonds is 6. The maximum absolute atomic E-state index is 12.9. The van der Waals surface area contributed by atoms with Crippen LogP contribution >= 0.6 is 0 Å². The number of benzene rings is 2. The van der Waals surface area contributed by atoms with E-state index in [1.807, 2.05) is 55.7 Å². The molecule has 1 atom stereocenters. The summed E-state index contributed by atoms with van der Waals surface area (Å²) >= 11 is 0. The molecule has 0 aliphatic carbocycles. The van der Waals surface area contributed by atoms with Crippen molar-refractivity contribution in [1.29, 1.82) is 0 Å². The van der Waals surface area contributed by atoms with E-state index >= 15 is 0 Å². The fraction of sp³-hybridized carbons (Fsp3) is 0.286. The van der Waals surface area contributed by atoms with Crippen molar-refractivity contribution in [1.82, 2.24) is 9.88 Å². The Hall–Kier alpha value is -2.59. The molecular weight excluding hydrogens is 312 g/mol. The Balaban J connectivity index is 1.83. The van der Waals surface area contributed by atoms with Crippen LogP contribution in [0.15, 0.2) is 54.7 Å². The number of carbonyl (C=O) groups excluding carboxylic acids is 1. The van der Waals surface area contributed by atoms with Crippen molar-refractivity contribution in [2.75, 3.05) is 13.7 Å². The van der Waals surface area contributed by atoms with Crippen molar-refractivity contribution in [3.05, 3.63) is 71.4 Å². The monoisotopic (exact) mass is 336 g/mol. The summed E-state index contributed by atoms with van der Waals surface area (Å²) in [6.07, 6.45) is 2.79. The first-order chi connectivity index (χ1) is 12.1. The first-order valence-corrected chi connectivity index (χ1v) is 8.59. The number of nitrogens with one attached hydrogen (secondary N) is 1. The van der Waals surface area contributed by atoms with E-state index in [0.29, 0.717) is 12.8 Å². The lowest BCUT2D eigenvalue weighted by Crippen LogP contribution is -2.33. The Morgan fingerprint density at radius 1 is 1.16 bits per heavy atom. The highest BCUT2D eigenvalue weighted by Gasteiger charge is 2.22. The largest absolute Gasteiger partial charge is 0.396 e. The number of aromatic amines is 1. The highest BCUT2D eigenvalue weighted by atomic mass is 16.3. The molecule has 2 N–H and O–H groups in total. The number of aryl methyl sites for hydroxylation is 1. The number of nitrogens with zero attached hydrogens (tertiary/aromatic N) is 1. The van der Waals surface area contributed by atoms with E-state index in [4.69, 9.17) is 0 Å². The molecule has 1 heterocycles. The van der Waals surface area contributed by atoms with Crippen molar-refractivity contribution in [3.8, 4) is 0 Å². The van der Waals surface area contributed by atoms with Crippen LogP contribution in [0.5, 0.6) is 0 Å². The van der Waals surface area contributed by atoms with Gasteiger partial charge in [-0.1, -0.05) is 42.5 Å². The lowest BCUT2D eigenvalue weighted by molar-refractivity contribution is -0.131. The zero-order valence-electron chi connectivity index (χ0n) is 14.7. The Morgan fingerprint density at radius 2 is 1.92 bits per heavy atom. The smallest absolute Gasteiger partial charge is 0.227 e. The minimum atomic E-state index is -0.120. The number of likely N-dealkylation sites (N-methyl/N-ethyl adjacent to an activating group) is 1. The number of H-pyrrole nitrogens is 1. The number of hydrogen-bond donors (Lipinski definition) is 2. The molecule has 0 aliphatic rings. The number of aromatic nitrogens is 1. The molecule has 0 saturated heterocycles. The van der Waals surface area contributed by atoms with Crippen LogP contribution in [0.4, 0.5) is 0 Å². The van der Waals surface area contributed by atoms with Crippen molar-refractivity contribution >= 4 is 16.8 Å². The Morgan fingerprint density at radius 3 is 2.64 bits per heavy atom. The van der Waals surface area contributed by atoms with E-state index < -0.39 is 0 Å². The number of aliphatic hydroxyl groups excluding tert-OH is 1. The van der Waals surface area contributed by atoms with Gasteiger partial charge < -0.3 is 15.0 Å². The fourth-order valence-corrected chi connectivity index (χ4v) is 3.43. The molecule has 0 bridgehead atoms. The molecule has 0 spiro atoms. The Labute approximate surface area is 148 Å². The van der Waals surface area contributed by atoms with Crippen LogP contribution in [-0.2, 0) is 11.2 Å². The highest BCUT2D eigenvalue weighted by Crippen LogP contribution is 2.26. The van der Waals surface area contributed by atoms with E-state index in [9.17, 15) is 9.90 Å². The molecule has 0 fully saturated rings. The summed E-state index contributed by atoms with van der Waals surface area (Å²) in [6.45, 7) is 2.11. The van der Waals surface area contributed by atoms with Crippen molar-refractivity contribution < 1.29 is 9.90 Å². The molecule has 1 aromatic heterocycles. The predicted molar refractivity (Wildman–Crippen MR) is 100 cm³/mol. The standard InChI is InChI=1S/C21H24N2O2/c1-15-7-6-10-18-21(15)17(14-22-18)13-20(25)23(2)19(11-12-24)16-8-4-3-5-9-16/h3-10,14,19,22,24H,11-13H2,1-2H3. The van der Waals surface area contributed by atoms with Gasteiger partial charge in [0.2, 0.25) is 5.91 Å². The number of fused-ring (bicyclic) bond motifs is 1. The summed E-state index contributed by atoms with van der Waals surface area (Å²) in [6, 6.07) is 15.9. The van der Waals surface area contributed by atoms with Crippen LogP contribution in [-0.4, -0.2) is 34.6 Å². The van der Waals surface area contributed by atoms with Crippen LogP contribution in [0.3, 0.4) is 0 Å². The van der Waals surface area contributed by atoms with Crippen molar-refractivity contribution in [2.45, 2.75) is 25.8 Å². The topological polar surface area (TPSA) is 56.3 Å². The molecule has 0 radical (unpaired) electrons. The van der Waals surface area contributed by atoms with Crippen LogP contribution in [0, 0.1) is 6.92 Å². The third-order valence-electron chi connectivity index (χ3n) is 4.79. The molecule has 0 saturated carbocycles. The molecule has 4 heteroatoms.